The van der Waals surface area contributed by atoms with E-state index in [1.807, 2.05) is 24.4 Å². The second kappa shape index (κ2) is 6.31. The molecule has 20 heavy (non-hydrogen) atoms. The molecule has 6 nitrogen and oxygen atoms in total. The Hall–Kier alpha value is -1.48. The van der Waals surface area contributed by atoms with Gasteiger partial charge in [-0.15, -0.1) is 11.3 Å². The first-order valence-corrected chi connectivity index (χ1v) is 8.41. The number of anilines is 1. The van der Waals surface area contributed by atoms with Gasteiger partial charge >= 0.3 is 0 Å². The average molecular weight is 312 g/mol. The number of pyridine rings is 1. The number of rotatable bonds is 6. The van der Waals surface area contributed by atoms with Crippen LogP contribution in [-0.4, -0.2) is 13.4 Å². The Kier molecular flexibility index (Phi) is 4.71. The lowest BCUT2D eigenvalue weighted by molar-refractivity contribution is 0.553. The molecule has 0 aliphatic rings. The summed E-state index contributed by atoms with van der Waals surface area (Å²) in [5, 5.41) is 1.93. The van der Waals surface area contributed by atoms with Crippen LogP contribution in [0.5, 0.6) is 0 Å². The predicted molar refractivity (Wildman–Crippen MR) is 79.7 cm³/mol. The molecule has 2 aromatic rings. The van der Waals surface area contributed by atoms with Crippen LogP contribution < -0.4 is 16.0 Å². The topological polar surface area (TPSA) is 97.1 Å². The summed E-state index contributed by atoms with van der Waals surface area (Å²) >= 11 is 1.53. The summed E-state index contributed by atoms with van der Waals surface area (Å²) in [4.78, 5) is 5.02. The molecular formula is C12H16N4O2S2. The van der Waals surface area contributed by atoms with E-state index in [4.69, 9.17) is 5.84 Å². The van der Waals surface area contributed by atoms with Crippen LogP contribution in [-0.2, 0) is 10.0 Å². The molecule has 0 saturated heterocycles. The van der Waals surface area contributed by atoms with Crippen LogP contribution >= 0.6 is 11.3 Å². The Balaban J connectivity index is 2.26. The number of nitrogens with one attached hydrogen (secondary N) is 2. The molecule has 0 fully saturated rings. The molecule has 0 aliphatic carbocycles. The van der Waals surface area contributed by atoms with E-state index in [9.17, 15) is 8.42 Å². The van der Waals surface area contributed by atoms with Crippen LogP contribution in [0, 0.1) is 0 Å². The van der Waals surface area contributed by atoms with Crippen molar-refractivity contribution in [2.45, 2.75) is 24.3 Å². The van der Waals surface area contributed by atoms with Crippen LogP contribution in [0.3, 0.4) is 0 Å². The van der Waals surface area contributed by atoms with E-state index in [-0.39, 0.29) is 10.9 Å². The largest absolute Gasteiger partial charge is 0.308 e. The standard InChI is InChI=1S/C12H16N4O2S2/c1-2-10(11-4-3-7-19-11)16-20(17,18)9-5-6-14-12(8-9)15-13/h3-8,10,16H,2,13H2,1H3,(H,14,15). The van der Waals surface area contributed by atoms with Crippen LogP contribution in [0.4, 0.5) is 5.82 Å². The lowest BCUT2D eigenvalue weighted by Gasteiger charge is -2.16. The number of hydrazine groups is 1. The molecule has 2 aromatic heterocycles. The van der Waals surface area contributed by atoms with Gasteiger partial charge in [-0.1, -0.05) is 13.0 Å². The van der Waals surface area contributed by atoms with Crippen LogP contribution in [0.15, 0.2) is 40.7 Å². The lowest BCUT2D eigenvalue weighted by Crippen LogP contribution is -2.28. The zero-order valence-electron chi connectivity index (χ0n) is 10.9. The van der Waals surface area contributed by atoms with E-state index in [1.165, 1.54) is 29.7 Å². The van der Waals surface area contributed by atoms with Gasteiger partial charge in [0.05, 0.1) is 10.9 Å². The third kappa shape index (κ3) is 3.34. The van der Waals surface area contributed by atoms with Crippen molar-refractivity contribution in [3.05, 3.63) is 40.7 Å². The first kappa shape index (κ1) is 14.9. The summed E-state index contributed by atoms with van der Waals surface area (Å²) in [6.07, 6.45) is 2.07. The summed E-state index contributed by atoms with van der Waals surface area (Å²) in [7, 11) is -3.61. The molecule has 0 radical (unpaired) electrons. The minimum absolute atomic E-state index is 0.135. The molecular weight excluding hydrogens is 296 g/mol. The molecule has 0 aliphatic heterocycles. The Bertz CT molecular complexity index is 656. The van der Waals surface area contributed by atoms with Crippen LogP contribution in [0.2, 0.25) is 0 Å². The molecule has 2 rings (SSSR count). The summed E-state index contributed by atoms with van der Waals surface area (Å²) in [5.41, 5.74) is 2.33. The average Bonchev–Trinajstić information content (AvgIpc) is 2.99. The third-order valence-electron chi connectivity index (χ3n) is 2.78. The van der Waals surface area contributed by atoms with Gasteiger partial charge < -0.3 is 5.43 Å². The Morgan fingerprint density at radius 3 is 2.85 bits per heavy atom. The van der Waals surface area contributed by atoms with Crippen LogP contribution in [0.1, 0.15) is 24.3 Å². The quantitative estimate of drug-likeness (QED) is 0.559. The van der Waals surface area contributed by atoms with E-state index < -0.39 is 10.0 Å². The van der Waals surface area contributed by atoms with Crippen molar-refractivity contribution in [1.29, 1.82) is 0 Å². The summed E-state index contributed by atoms with van der Waals surface area (Å²) in [6, 6.07) is 6.41. The van der Waals surface area contributed by atoms with E-state index in [0.717, 1.165) is 4.88 Å². The van der Waals surface area contributed by atoms with Gasteiger partial charge in [0, 0.05) is 17.1 Å². The van der Waals surface area contributed by atoms with E-state index >= 15 is 0 Å². The minimum atomic E-state index is -3.61. The van der Waals surface area contributed by atoms with Gasteiger partial charge in [-0.05, 0) is 23.9 Å². The molecule has 8 heteroatoms. The van der Waals surface area contributed by atoms with Gasteiger partial charge in [-0.2, -0.15) is 0 Å². The number of hydrogen-bond donors (Lipinski definition) is 3. The maximum absolute atomic E-state index is 12.4. The maximum atomic E-state index is 12.4. The predicted octanol–water partition coefficient (Wildman–Crippen LogP) is 1.86. The van der Waals surface area contributed by atoms with Crippen molar-refractivity contribution in [3.63, 3.8) is 0 Å². The van der Waals surface area contributed by atoms with Gasteiger partial charge in [0.15, 0.2) is 0 Å². The second-order valence-corrected chi connectivity index (χ2v) is 6.81. The molecule has 2 heterocycles. The monoisotopic (exact) mass is 312 g/mol. The van der Waals surface area contributed by atoms with Gasteiger partial charge in [0.2, 0.25) is 10.0 Å². The smallest absolute Gasteiger partial charge is 0.241 e. The highest BCUT2D eigenvalue weighted by Gasteiger charge is 2.21. The molecule has 0 aromatic carbocycles. The Morgan fingerprint density at radius 2 is 2.25 bits per heavy atom. The fourth-order valence-corrected chi connectivity index (χ4v) is 3.99. The van der Waals surface area contributed by atoms with Gasteiger partial charge in [0.25, 0.3) is 0 Å². The van der Waals surface area contributed by atoms with Crippen molar-refractivity contribution < 1.29 is 8.42 Å². The fourth-order valence-electron chi connectivity index (χ4n) is 1.74. The first-order chi connectivity index (χ1) is 9.56. The van der Waals surface area contributed by atoms with Gasteiger partial charge in [-0.25, -0.2) is 24.0 Å². The normalized spacial score (nSPS) is 13.1. The van der Waals surface area contributed by atoms with E-state index in [2.05, 4.69) is 15.1 Å². The van der Waals surface area contributed by atoms with Crippen molar-refractivity contribution in [3.8, 4) is 0 Å². The number of sulfonamides is 1. The summed E-state index contributed by atoms with van der Waals surface area (Å²) in [5.74, 6) is 5.54. The first-order valence-electron chi connectivity index (χ1n) is 6.05. The second-order valence-electron chi connectivity index (χ2n) is 4.12. The summed E-state index contributed by atoms with van der Waals surface area (Å²) in [6.45, 7) is 1.94. The number of hydrogen-bond acceptors (Lipinski definition) is 6. The Labute approximate surface area is 122 Å². The zero-order chi connectivity index (χ0) is 14.6. The van der Waals surface area contributed by atoms with Crippen LogP contribution in [0.25, 0.3) is 0 Å². The maximum Gasteiger partial charge on any atom is 0.241 e. The number of nitrogen functional groups attached to an aromatic ring is 1. The molecule has 4 N–H and O–H groups in total. The lowest BCUT2D eigenvalue weighted by atomic mass is 10.2. The highest BCUT2D eigenvalue weighted by atomic mass is 32.2. The molecule has 0 bridgehead atoms. The van der Waals surface area contributed by atoms with E-state index in [0.29, 0.717) is 12.2 Å². The van der Waals surface area contributed by atoms with Gasteiger partial charge in [0.1, 0.15) is 5.82 Å². The number of aromatic nitrogens is 1. The van der Waals surface area contributed by atoms with Gasteiger partial charge in [-0.3, -0.25) is 0 Å². The number of nitrogens with two attached hydrogens (primary N) is 1. The molecule has 1 atom stereocenters. The SMILES string of the molecule is CCC(NS(=O)(=O)c1ccnc(NN)c1)c1cccs1. The third-order valence-corrected chi connectivity index (χ3v) is 5.24. The molecule has 0 spiro atoms. The number of nitrogens with zero attached hydrogens (tertiary/aromatic N) is 1. The molecule has 0 saturated carbocycles. The Morgan fingerprint density at radius 1 is 1.45 bits per heavy atom. The molecule has 0 amide bonds. The highest BCUT2D eigenvalue weighted by Crippen LogP contribution is 2.24. The van der Waals surface area contributed by atoms with Crippen molar-refractivity contribution in [2.75, 3.05) is 5.43 Å². The highest BCUT2D eigenvalue weighted by molar-refractivity contribution is 7.89. The van der Waals surface area contributed by atoms with E-state index in [1.54, 1.807) is 0 Å². The minimum Gasteiger partial charge on any atom is -0.308 e. The molecule has 1 unspecified atom stereocenters. The summed E-state index contributed by atoms with van der Waals surface area (Å²) < 4.78 is 27.4. The zero-order valence-corrected chi connectivity index (χ0v) is 12.5. The van der Waals surface area contributed by atoms with Crippen molar-refractivity contribution >= 4 is 27.2 Å². The molecule has 108 valence electrons. The number of thiophene rings is 1. The van der Waals surface area contributed by atoms with Crippen molar-refractivity contribution in [1.82, 2.24) is 9.71 Å². The van der Waals surface area contributed by atoms with Crippen molar-refractivity contribution in [2.24, 2.45) is 5.84 Å². The fraction of sp³-hybridized carbons (Fsp3) is 0.250.